The van der Waals surface area contributed by atoms with Gasteiger partial charge < -0.3 is 22.1 Å². The van der Waals surface area contributed by atoms with Crippen LogP contribution in [0.2, 0.25) is 0 Å². The lowest BCUT2D eigenvalue weighted by molar-refractivity contribution is 0.469. The highest BCUT2D eigenvalue weighted by Gasteiger charge is 2.17. The molecule has 0 fully saturated rings. The molecule has 0 aliphatic heterocycles. The first-order valence-corrected chi connectivity index (χ1v) is 4.63. The van der Waals surface area contributed by atoms with E-state index in [1.807, 2.05) is 20.9 Å². The Labute approximate surface area is 80.0 Å². The average Bonchev–Trinajstić information content (AvgIpc) is 2.06. The molecule has 13 heavy (non-hydrogen) atoms. The fourth-order valence-electron chi connectivity index (χ4n) is 1.15. The molecule has 0 rings (SSSR count). The standard InChI is InChI=1S/C8H21N5/c1-4-12-7(9)6(11-3)8(10)13-5-2/h6-7,11-12H,4-5,9H2,1-3H3,(H2,10,13). The van der Waals surface area contributed by atoms with Crippen LogP contribution in [0.3, 0.4) is 0 Å². The molecule has 0 heterocycles. The van der Waals surface area contributed by atoms with Crippen LogP contribution < -0.4 is 22.1 Å². The van der Waals surface area contributed by atoms with Gasteiger partial charge >= 0.3 is 0 Å². The van der Waals surface area contributed by atoms with Crippen molar-refractivity contribution in [2.75, 3.05) is 20.1 Å². The molecule has 0 aliphatic rings. The van der Waals surface area contributed by atoms with Crippen molar-refractivity contribution in [3.63, 3.8) is 0 Å². The summed E-state index contributed by atoms with van der Waals surface area (Å²) in [6.45, 7) is 5.44. The summed E-state index contributed by atoms with van der Waals surface area (Å²) in [6, 6.07) is -0.0973. The number of amidine groups is 1. The summed E-state index contributed by atoms with van der Waals surface area (Å²) in [5.41, 5.74) is 11.6. The van der Waals surface area contributed by atoms with Crippen LogP contribution in [0.4, 0.5) is 0 Å². The molecule has 0 aliphatic carbocycles. The van der Waals surface area contributed by atoms with E-state index in [0.29, 0.717) is 12.4 Å². The van der Waals surface area contributed by atoms with Gasteiger partial charge in [0.15, 0.2) is 0 Å². The van der Waals surface area contributed by atoms with Crippen molar-refractivity contribution in [1.29, 1.82) is 0 Å². The molecule has 5 heteroatoms. The van der Waals surface area contributed by atoms with Gasteiger partial charge in [0.2, 0.25) is 0 Å². The molecule has 0 saturated carbocycles. The molecule has 0 saturated heterocycles. The van der Waals surface area contributed by atoms with Crippen LogP contribution in [0.15, 0.2) is 4.99 Å². The van der Waals surface area contributed by atoms with Crippen LogP contribution >= 0.6 is 0 Å². The van der Waals surface area contributed by atoms with Crippen LogP contribution in [0, 0.1) is 0 Å². The summed E-state index contributed by atoms with van der Waals surface area (Å²) in [5, 5.41) is 6.12. The molecule has 6 N–H and O–H groups in total. The van der Waals surface area contributed by atoms with E-state index in [-0.39, 0.29) is 12.2 Å². The first-order valence-electron chi connectivity index (χ1n) is 4.63. The number of nitrogens with zero attached hydrogens (tertiary/aromatic N) is 1. The van der Waals surface area contributed by atoms with E-state index >= 15 is 0 Å². The van der Waals surface area contributed by atoms with Gasteiger partial charge in [0, 0.05) is 6.54 Å². The molecule has 0 spiro atoms. The van der Waals surface area contributed by atoms with Gasteiger partial charge in [-0.05, 0) is 20.5 Å². The van der Waals surface area contributed by atoms with E-state index in [1.165, 1.54) is 0 Å². The Morgan fingerprint density at radius 1 is 1.46 bits per heavy atom. The van der Waals surface area contributed by atoms with Gasteiger partial charge in [0.05, 0.1) is 12.2 Å². The van der Waals surface area contributed by atoms with E-state index in [2.05, 4.69) is 15.6 Å². The lowest BCUT2D eigenvalue weighted by atomic mass is 10.2. The van der Waals surface area contributed by atoms with Gasteiger partial charge in [-0.3, -0.25) is 4.99 Å². The molecule has 0 radical (unpaired) electrons. The maximum absolute atomic E-state index is 5.84. The number of hydrogen-bond donors (Lipinski definition) is 4. The second-order valence-electron chi connectivity index (χ2n) is 2.75. The summed E-state index contributed by atoms with van der Waals surface area (Å²) >= 11 is 0. The second kappa shape index (κ2) is 6.82. The highest BCUT2D eigenvalue weighted by atomic mass is 15.1. The van der Waals surface area contributed by atoms with Crippen LogP contribution in [-0.4, -0.2) is 38.2 Å². The zero-order chi connectivity index (χ0) is 10.3. The summed E-state index contributed by atoms with van der Waals surface area (Å²) in [5.74, 6) is 0.554. The van der Waals surface area contributed by atoms with Crippen molar-refractivity contribution >= 4 is 5.84 Å². The van der Waals surface area contributed by atoms with Crippen molar-refractivity contribution in [2.24, 2.45) is 16.5 Å². The van der Waals surface area contributed by atoms with Crippen molar-refractivity contribution in [3.8, 4) is 0 Å². The number of hydrogen-bond acceptors (Lipinski definition) is 4. The Morgan fingerprint density at radius 3 is 2.46 bits per heavy atom. The largest absolute Gasteiger partial charge is 0.386 e. The summed E-state index contributed by atoms with van der Waals surface area (Å²) in [6.07, 6.45) is -0.190. The zero-order valence-electron chi connectivity index (χ0n) is 8.67. The Kier molecular flexibility index (Phi) is 6.48. The number of aliphatic imine (C=N–C) groups is 1. The van der Waals surface area contributed by atoms with Crippen molar-refractivity contribution in [3.05, 3.63) is 0 Å². The molecular weight excluding hydrogens is 166 g/mol. The highest BCUT2D eigenvalue weighted by molar-refractivity contribution is 5.86. The summed E-state index contributed by atoms with van der Waals surface area (Å²) < 4.78 is 0. The van der Waals surface area contributed by atoms with E-state index in [4.69, 9.17) is 11.5 Å². The first-order chi connectivity index (χ1) is 6.17. The maximum Gasteiger partial charge on any atom is 0.114 e. The van der Waals surface area contributed by atoms with Crippen LogP contribution in [0.25, 0.3) is 0 Å². The Bertz CT molecular complexity index is 157. The van der Waals surface area contributed by atoms with E-state index in [9.17, 15) is 0 Å². The molecule has 78 valence electrons. The molecule has 5 nitrogen and oxygen atoms in total. The van der Waals surface area contributed by atoms with Crippen molar-refractivity contribution in [1.82, 2.24) is 10.6 Å². The minimum absolute atomic E-state index is 0.0973. The Morgan fingerprint density at radius 2 is 2.08 bits per heavy atom. The second-order valence-corrected chi connectivity index (χ2v) is 2.75. The molecule has 0 bridgehead atoms. The third-order valence-electron chi connectivity index (χ3n) is 1.77. The number of nitrogens with two attached hydrogens (primary N) is 2. The highest BCUT2D eigenvalue weighted by Crippen LogP contribution is 1.88. The molecule has 0 aromatic rings. The van der Waals surface area contributed by atoms with Gasteiger partial charge in [-0.15, -0.1) is 0 Å². The lowest BCUT2D eigenvalue weighted by Crippen LogP contribution is -2.58. The molecule has 2 atom stereocenters. The number of nitrogens with one attached hydrogen (secondary N) is 2. The predicted molar refractivity (Wildman–Crippen MR) is 56.7 cm³/mol. The van der Waals surface area contributed by atoms with Crippen molar-refractivity contribution in [2.45, 2.75) is 26.1 Å². The molecule has 2 unspecified atom stereocenters. The third kappa shape index (κ3) is 4.21. The SMILES string of the molecule is CCN=C(N)C(NC)C(N)NCC. The average molecular weight is 187 g/mol. The molecular formula is C8H21N5. The topological polar surface area (TPSA) is 88.5 Å². The number of rotatable bonds is 6. The van der Waals surface area contributed by atoms with Crippen LogP contribution in [-0.2, 0) is 0 Å². The fourth-order valence-corrected chi connectivity index (χ4v) is 1.15. The monoisotopic (exact) mass is 187 g/mol. The predicted octanol–water partition coefficient (Wildman–Crippen LogP) is -1.15. The van der Waals surface area contributed by atoms with E-state index in [0.717, 1.165) is 6.54 Å². The first kappa shape index (κ1) is 12.3. The molecule has 0 aromatic heterocycles. The lowest BCUT2D eigenvalue weighted by Gasteiger charge is -2.23. The Balaban J connectivity index is 4.22. The minimum atomic E-state index is -0.190. The van der Waals surface area contributed by atoms with Gasteiger partial charge in [0.1, 0.15) is 5.84 Å². The number of likely N-dealkylation sites (N-methyl/N-ethyl adjacent to an activating group) is 2. The fraction of sp³-hybridized carbons (Fsp3) is 0.875. The minimum Gasteiger partial charge on any atom is -0.386 e. The summed E-state index contributed by atoms with van der Waals surface area (Å²) in [4.78, 5) is 4.11. The van der Waals surface area contributed by atoms with Crippen molar-refractivity contribution < 1.29 is 0 Å². The van der Waals surface area contributed by atoms with Gasteiger partial charge in [0.25, 0.3) is 0 Å². The molecule has 0 aromatic carbocycles. The van der Waals surface area contributed by atoms with Gasteiger partial charge in [-0.1, -0.05) is 6.92 Å². The van der Waals surface area contributed by atoms with Crippen LogP contribution in [0.1, 0.15) is 13.8 Å². The van der Waals surface area contributed by atoms with Gasteiger partial charge in [-0.25, -0.2) is 0 Å². The Hall–Kier alpha value is -0.650. The van der Waals surface area contributed by atoms with Crippen LogP contribution in [0.5, 0.6) is 0 Å². The smallest absolute Gasteiger partial charge is 0.114 e. The maximum atomic E-state index is 5.84. The van der Waals surface area contributed by atoms with E-state index < -0.39 is 0 Å². The van der Waals surface area contributed by atoms with Gasteiger partial charge in [-0.2, -0.15) is 0 Å². The van der Waals surface area contributed by atoms with E-state index in [1.54, 1.807) is 0 Å². The zero-order valence-corrected chi connectivity index (χ0v) is 8.67. The third-order valence-corrected chi connectivity index (χ3v) is 1.77. The summed E-state index contributed by atoms with van der Waals surface area (Å²) in [7, 11) is 1.82. The molecule has 0 amide bonds. The normalized spacial score (nSPS) is 17.1. The quantitative estimate of drug-likeness (QED) is 0.240.